The van der Waals surface area contributed by atoms with E-state index in [0.717, 1.165) is 0 Å². The summed E-state index contributed by atoms with van der Waals surface area (Å²) in [5.41, 5.74) is -0.389. The zero-order valence-corrected chi connectivity index (χ0v) is 13.1. The van der Waals surface area contributed by atoms with Crippen molar-refractivity contribution in [2.75, 3.05) is 5.32 Å². The monoisotopic (exact) mass is 339 g/mol. The smallest absolute Gasteiger partial charge is 0.269 e. The third kappa shape index (κ3) is 2.80. The zero-order valence-electron chi connectivity index (χ0n) is 13.1. The first-order valence-electron chi connectivity index (χ1n) is 7.26. The van der Waals surface area contributed by atoms with Crippen molar-refractivity contribution in [2.24, 2.45) is 7.05 Å². The molecule has 8 heteroatoms. The molecular weight excluding hydrogens is 326 g/mol. The molecule has 0 radical (unpaired) electrons. The topological polar surface area (TPSA) is 114 Å². The lowest BCUT2D eigenvalue weighted by Crippen LogP contribution is -2.28. The number of pyridine rings is 1. The van der Waals surface area contributed by atoms with Crippen molar-refractivity contribution in [3.05, 3.63) is 74.6 Å². The van der Waals surface area contributed by atoms with Crippen LogP contribution in [0.1, 0.15) is 10.4 Å². The van der Waals surface area contributed by atoms with E-state index in [2.05, 4.69) is 5.32 Å². The highest BCUT2D eigenvalue weighted by molar-refractivity contribution is 6.09. The van der Waals surface area contributed by atoms with Gasteiger partial charge in [-0.25, -0.2) is 0 Å². The molecule has 2 N–H and O–H groups in total. The van der Waals surface area contributed by atoms with E-state index in [-0.39, 0.29) is 16.9 Å². The van der Waals surface area contributed by atoms with Crippen LogP contribution in [-0.2, 0) is 7.05 Å². The number of carbonyl (C=O) groups is 1. The van der Waals surface area contributed by atoms with Crippen molar-refractivity contribution >= 4 is 28.2 Å². The minimum atomic E-state index is -0.794. The van der Waals surface area contributed by atoms with Gasteiger partial charge in [-0.05, 0) is 24.3 Å². The Morgan fingerprint density at radius 2 is 1.80 bits per heavy atom. The van der Waals surface area contributed by atoms with Gasteiger partial charge in [0.15, 0.2) is 0 Å². The molecule has 0 atom stereocenters. The number of amides is 1. The quantitative estimate of drug-likeness (QED) is 0.562. The van der Waals surface area contributed by atoms with Crippen molar-refractivity contribution in [1.29, 1.82) is 0 Å². The fourth-order valence-corrected chi connectivity index (χ4v) is 2.54. The standard InChI is InChI=1S/C17H13N3O5/c1-19-13-5-3-2-4-12(13)15(21)14(17(19)23)16(22)18-10-6-8-11(9-7-10)20(24)25/h2-9,21H,1H3,(H,18,22). The summed E-state index contributed by atoms with van der Waals surface area (Å²) in [4.78, 5) is 35.0. The first-order valence-corrected chi connectivity index (χ1v) is 7.26. The maximum Gasteiger partial charge on any atom is 0.269 e. The largest absolute Gasteiger partial charge is 0.506 e. The Morgan fingerprint density at radius 3 is 2.44 bits per heavy atom. The Hall–Kier alpha value is -3.68. The third-order valence-corrected chi connectivity index (χ3v) is 3.84. The molecule has 0 saturated heterocycles. The lowest BCUT2D eigenvalue weighted by Gasteiger charge is -2.11. The second-order valence-electron chi connectivity index (χ2n) is 5.36. The zero-order chi connectivity index (χ0) is 18.1. The normalized spacial score (nSPS) is 10.6. The summed E-state index contributed by atoms with van der Waals surface area (Å²) in [6.07, 6.45) is 0. The molecule has 0 spiro atoms. The summed E-state index contributed by atoms with van der Waals surface area (Å²) in [6.45, 7) is 0. The summed E-state index contributed by atoms with van der Waals surface area (Å²) in [6, 6.07) is 11.8. The number of fused-ring (bicyclic) bond motifs is 1. The SMILES string of the molecule is Cn1c(=O)c(C(=O)Nc2ccc([N+](=O)[O-])cc2)c(O)c2ccccc21. The van der Waals surface area contributed by atoms with Crippen molar-refractivity contribution in [1.82, 2.24) is 4.57 Å². The maximum atomic E-state index is 12.5. The molecule has 0 fully saturated rings. The summed E-state index contributed by atoms with van der Waals surface area (Å²) in [5.74, 6) is -1.20. The molecule has 8 nitrogen and oxygen atoms in total. The molecule has 0 aliphatic heterocycles. The number of aromatic nitrogens is 1. The lowest BCUT2D eigenvalue weighted by atomic mass is 10.1. The van der Waals surface area contributed by atoms with Gasteiger partial charge >= 0.3 is 0 Å². The summed E-state index contributed by atoms with van der Waals surface area (Å²) < 4.78 is 1.28. The Labute approximate surface area is 141 Å². The van der Waals surface area contributed by atoms with Crippen LogP contribution in [0.5, 0.6) is 5.75 Å². The second-order valence-corrected chi connectivity index (χ2v) is 5.36. The van der Waals surface area contributed by atoms with Crippen molar-refractivity contribution in [3.8, 4) is 5.75 Å². The van der Waals surface area contributed by atoms with Crippen LogP contribution in [0.3, 0.4) is 0 Å². The number of benzene rings is 2. The van der Waals surface area contributed by atoms with Gasteiger partial charge in [-0.15, -0.1) is 0 Å². The first kappa shape index (κ1) is 16.2. The number of nitrogens with one attached hydrogen (secondary N) is 1. The molecule has 0 saturated carbocycles. The fraction of sp³-hybridized carbons (Fsp3) is 0.0588. The van der Waals surface area contributed by atoms with Gasteiger partial charge in [0.2, 0.25) is 0 Å². The predicted molar refractivity (Wildman–Crippen MR) is 91.9 cm³/mol. The fourth-order valence-electron chi connectivity index (χ4n) is 2.54. The Morgan fingerprint density at radius 1 is 1.16 bits per heavy atom. The van der Waals surface area contributed by atoms with E-state index < -0.39 is 22.1 Å². The Balaban J connectivity index is 2.03. The second kappa shape index (κ2) is 6.08. The van der Waals surface area contributed by atoms with E-state index in [0.29, 0.717) is 10.9 Å². The first-order chi connectivity index (χ1) is 11.9. The van der Waals surface area contributed by atoms with E-state index in [1.54, 1.807) is 24.3 Å². The molecule has 0 bridgehead atoms. The summed E-state index contributed by atoms with van der Waals surface area (Å²) in [5, 5.41) is 23.8. The molecule has 1 amide bonds. The third-order valence-electron chi connectivity index (χ3n) is 3.84. The molecule has 126 valence electrons. The van der Waals surface area contributed by atoms with Gasteiger partial charge in [-0.2, -0.15) is 0 Å². The number of aryl methyl sites for hydroxylation is 1. The molecule has 0 unspecified atom stereocenters. The van der Waals surface area contributed by atoms with Gasteiger partial charge in [0.25, 0.3) is 17.2 Å². The van der Waals surface area contributed by atoms with Crippen molar-refractivity contribution in [2.45, 2.75) is 0 Å². The highest BCUT2D eigenvalue weighted by Gasteiger charge is 2.21. The molecule has 1 aromatic heterocycles. The minimum absolute atomic E-state index is 0.123. The summed E-state index contributed by atoms with van der Waals surface area (Å²) >= 11 is 0. The number of non-ortho nitro benzene ring substituents is 1. The molecule has 25 heavy (non-hydrogen) atoms. The highest BCUT2D eigenvalue weighted by Crippen LogP contribution is 2.26. The van der Waals surface area contributed by atoms with Crippen LogP contribution in [0.15, 0.2) is 53.3 Å². The van der Waals surface area contributed by atoms with Gasteiger partial charge in [0.05, 0.1) is 10.4 Å². The number of carbonyl (C=O) groups excluding carboxylic acids is 1. The average Bonchev–Trinajstić information content (AvgIpc) is 2.60. The van der Waals surface area contributed by atoms with E-state index in [9.17, 15) is 24.8 Å². The molecule has 0 aliphatic rings. The Kier molecular flexibility index (Phi) is 3.94. The van der Waals surface area contributed by atoms with E-state index in [1.807, 2.05) is 0 Å². The molecular formula is C17H13N3O5. The number of para-hydroxylation sites is 1. The predicted octanol–water partition coefficient (Wildman–Crippen LogP) is 2.40. The maximum absolute atomic E-state index is 12.5. The van der Waals surface area contributed by atoms with Crippen LogP contribution < -0.4 is 10.9 Å². The van der Waals surface area contributed by atoms with Gasteiger partial charge in [-0.3, -0.25) is 19.7 Å². The summed E-state index contributed by atoms with van der Waals surface area (Å²) in [7, 11) is 1.51. The van der Waals surface area contributed by atoms with Gasteiger partial charge in [-0.1, -0.05) is 12.1 Å². The average molecular weight is 339 g/mol. The molecule has 2 aromatic carbocycles. The van der Waals surface area contributed by atoms with E-state index in [1.165, 1.54) is 35.9 Å². The number of rotatable bonds is 3. The van der Waals surface area contributed by atoms with Crippen LogP contribution in [0.2, 0.25) is 0 Å². The molecule has 3 aromatic rings. The van der Waals surface area contributed by atoms with Crippen LogP contribution in [-0.4, -0.2) is 20.5 Å². The van der Waals surface area contributed by atoms with Crippen LogP contribution in [0.25, 0.3) is 10.9 Å². The van der Waals surface area contributed by atoms with Crippen LogP contribution in [0, 0.1) is 10.1 Å². The van der Waals surface area contributed by atoms with Crippen LogP contribution in [0.4, 0.5) is 11.4 Å². The Bertz CT molecular complexity index is 1050. The molecule has 3 rings (SSSR count). The molecule has 1 heterocycles. The number of anilines is 1. The number of hydrogen-bond donors (Lipinski definition) is 2. The highest BCUT2D eigenvalue weighted by atomic mass is 16.6. The minimum Gasteiger partial charge on any atom is -0.506 e. The van der Waals surface area contributed by atoms with Crippen molar-refractivity contribution in [3.63, 3.8) is 0 Å². The number of hydrogen-bond acceptors (Lipinski definition) is 5. The van der Waals surface area contributed by atoms with E-state index >= 15 is 0 Å². The van der Waals surface area contributed by atoms with Crippen molar-refractivity contribution < 1.29 is 14.8 Å². The number of nitrogens with zero attached hydrogens (tertiary/aromatic N) is 2. The molecule has 0 aliphatic carbocycles. The lowest BCUT2D eigenvalue weighted by molar-refractivity contribution is -0.384. The number of aromatic hydroxyl groups is 1. The van der Waals surface area contributed by atoms with Gasteiger partial charge < -0.3 is 15.0 Å². The van der Waals surface area contributed by atoms with Gasteiger partial charge in [0.1, 0.15) is 11.3 Å². The van der Waals surface area contributed by atoms with Crippen LogP contribution >= 0.6 is 0 Å². The number of nitro groups is 1. The van der Waals surface area contributed by atoms with E-state index in [4.69, 9.17) is 0 Å². The van der Waals surface area contributed by atoms with Gasteiger partial charge in [0, 0.05) is 30.3 Å². The number of nitro benzene ring substituents is 1.